The van der Waals surface area contributed by atoms with Crippen LogP contribution in [0.4, 0.5) is 24.8 Å². The van der Waals surface area contributed by atoms with Crippen molar-refractivity contribution in [3.63, 3.8) is 0 Å². The van der Waals surface area contributed by atoms with E-state index in [1.807, 2.05) is 0 Å². The highest BCUT2D eigenvalue weighted by Crippen LogP contribution is 2.33. The Kier molecular flexibility index (Phi) is 5.13. The topological polar surface area (TPSA) is 91.2 Å². The second kappa shape index (κ2) is 7.22. The van der Waals surface area contributed by atoms with Crippen molar-refractivity contribution in [2.24, 2.45) is 0 Å². The van der Waals surface area contributed by atoms with Crippen LogP contribution in [0.1, 0.15) is 17.6 Å². The van der Waals surface area contributed by atoms with Crippen LogP contribution < -0.4 is 5.32 Å². The predicted molar refractivity (Wildman–Crippen MR) is 94.5 cm³/mol. The van der Waals surface area contributed by atoms with Gasteiger partial charge in [-0.05, 0) is 30.7 Å². The maximum atomic E-state index is 12.8. The molecule has 27 heavy (non-hydrogen) atoms. The summed E-state index contributed by atoms with van der Waals surface area (Å²) in [6.45, 7) is 0.993. The van der Waals surface area contributed by atoms with Gasteiger partial charge in [-0.25, -0.2) is 15.0 Å². The number of aliphatic hydroxyl groups excluding tert-OH is 1. The number of nitrogens with zero attached hydrogens (tertiary/aromatic N) is 3. The van der Waals surface area contributed by atoms with E-state index in [-0.39, 0.29) is 5.95 Å². The van der Waals surface area contributed by atoms with Crippen molar-refractivity contribution in [1.82, 2.24) is 15.0 Å². The fourth-order valence-corrected chi connectivity index (χ4v) is 3.13. The van der Waals surface area contributed by atoms with Crippen LogP contribution in [0.15, 0.2) is 42.7 Å². The van der Waals surface area contributed by atoms with E-state index in [4.69, 9.17) is 0 Å². The summed E-state index contributed by atoms with van der Waals surface area (Å²) in [5, 5.41) is 22.4. The molecule has 0 bridgehead atoms. The highest BCUT2D eigenvalue weighted by molar-refractivity contribution is 7.15. The zero-order chi connectivity index (χ0) is 19.7. The number of anilines is 2. The lowest BCUT2D eigenvalue weighted by Gasteiger charge is -2.16. The fourth-order valence-electron chi connectivity index (χ4n) is 2.18. The second-order valence-corrected chi connectivity index (χ2v) is 6.96. The van der Waals surface area contributed by atoms with E-state index in [0.717, 1.165) is 22.7 Å². The number of thiazole rings is 1. The van der Waals surface area contributed by atoms with Crippen molar-refractivity contribution in [3.05, 3.63) is 53.4 Å². The lowest BCUT2D eigenvalue weighted by Crippen LogP contribution is -2.25. The number of aromatic nitrogens is 3. The molecule has 0 aliphatic heterocycles. The quantitative estimate of drug-likeness (QED) is 0.611. The van der Waals surface area contributed by atoms with E-state index < -0.39 is 24.1 Å². The Labute approximate surface area is 156 Å². The lowest BCUT2D eigenvalue weighted by molar-refractivity contribution is -0.141. The van der Waals surface area contributed by atoms with Gasteiger partial charge >= 0.3 is 6.18 Å². The van der Waals surface area contributed by atoms with Crippen LogP contribution >= 0.6 is 11.3 Å². The number of hydrogen-bond donors (Lipinski definition) is 3. The fraction of sp³-hybridized carbons (Fsp3) is 0.235. The molecule has 1 unspecified atom stereocenters. The first-order chi connectivity index (χ1) is 12.7. The summed E-state index contributed by atoms with van der Waals surface area (Å²) in [7, 11) is 0. The van der Waals surface area contributed by atoms with Crippen molar-refractivity contribution < 1.29 is 23.4 Å². The number of rotatable bonds is 5. The summed E-state index contributed by atoms with van der Waals surface area (Å²) >= 11 is 1.21. The standard InChI is InChI=1S/C17H15F3N4O2S/c1-16(26,9-25)14-22-8-12(27-14)10-3-2-4-11(7-10)23-15-21-6-5-13(24-15)17(18,19)20/h2-8,25-26H,9H2,1H3,(H,21,23,24). The minimum absolute atomic E-state index is 0.171. The van der Waals surface area contributed by atoms with Gasteiger partial charge in [0.25, 0.3) is 0 Å². The molecular weight excluding hydrogens is 381 g/mol. The summed E-state index contributed by atoms with van der Waals surface area (Å²) in [5.41, 5.74) is -1.24. The first-order valence-corrected chi connectivity index (χ1v) is 8.58. The van der Waals surface area contributed by atoms with Crippen LogP contribution in [-0.2, 0) is 11.8 Å². The summed E-state index contributed by atoms with van der Waals surface area (Å²) in [6, 6.07) is 7.68. The highest BCUT2D eigenvalue weighted by atomic mass is 32.1. The van der Waals surface area contributed by atoms with Crippen molar-refractivity contribution in [3.8, 4) is 10.4 Å². The third-order valence-electron chi connectivity index (χ3n) is 3.62. The van der Waals surface area contributed by atoms with E-state index >= 15 is 0 Å². The van der Waals surface area contributed by atoms with Crippen LogP contribution in [0.25, 0.3) is 10.4 Å². The molecule has 0 spiro atoms. The molecule has 6 nitrogen and oxygen atoms in total. The van der Waals surface area contributed by atoms with Crippen molar-refractivity contribution >= 4 is 23.0 Å². The largest absolute Gasteiger partial charge is 0.433 e. The Morgan fingerprint density at radius 3 is 2.67 bits per heavy atom. The van der Waals surface area contributed by atoms with Gasteiger partial charge in [0.05, 0.1) is 11.5 Å². The number of hydrogen-bond acceptors (Lipinski definition) is 7. The number of aliphatic hydroxyl groups is 2. The zero-order valence-corrected chi connectivity index (χ0v) is 14.8. The van der Waals surface area contributed by atoms with Gasteiger partial charge in [-0.3, -0.25) is 0 Å². The van der Waals surface area contributed by atoms with Crippen LogP contribution in [0.2, 0.25) is 0 Å². The Hall–Kier alpha value is -2.56. The molecule has 3 aromatic rings. The third kappa shape index (κ3) is 4.41. The van der Waals surface area contributed by atoms with E-state index in [1.54, 1.807) is 30.5 Å². The van der Waals surface area contributed by atoms with Gasteiger partial charge in [0, 0.05) is 18.1 Å². The molecule has 0 aliphatic rings. The average molecular weight is 396 g/mol. The van der Waals surface area contributed by atoms with Crippen molar-refractivity contribution in [1.29, 1.82) is 0 Å². The molecule has 3 N–H and O–H groups in total. The lowest BCUT2D eigenvalue weighted by atomic mass is 10.1. The third-order valence-corrected chi connectivity index (χ3v) is 4.92. The van der Waals surface area contributed by atoms with Gasteiger partial charge in [0.1, 0.15) is 16.3 Å². The molecule has 1 atom stereocenters. The summed E-state index contributed by atoms with van der Waals surface area (Å²) in [4.78, 5) is 12.1. The maximum Gasteiger partial charge on any atom is 0.433 e. The molecular formula is C17H15F3N4O2S. The first kappa shape index (κ1) is 19.2. The molecule has 10 heteroatoms. The SMILES string of the molecule is CC(O)(CO)c1ncc(-c2cccc(Nc3nccc(C(F)(F)F)n3)c2)s1. The van der Waals surface area contributed by atoms with E-state index in [9.17, 15) is 23.4 Å². The van der Waals surface area contributed by atoms with Crippen molar-refractivity contribution in [2.45, 2.75) is 18.7 Å². The second-order valence-electron chi connectivity index (χ2n) is 5.93. The smallest absolute Gasteiger partial charge is 0.393 e. The monoisotopic (exact) mass is 396 g/mol. The number of alkyl halides is 3. The van der Waals surface area contributed by atoms with Crippen LogP contribution in [0.5, 0.6) is 0 Å². The number of benzene rings is 1. The Morgan fingerprint density at radius 2 is 1.96 bits per heavy atom. The highest BCUT2D eigenvalue weighted by Gasteiger charge is 2.32. The summed E-state index contributed by atoms with van der Waals surface area (Å²) < 4.78 is 38.3. The predicted octanol–water partition coefficient (Wildman–Crippen LogP) is 3.56. The minimum atomic E-state index is -4.55. The number of halogens is 3. The average Bonchev–Trinajstić information content (AvgIpc) is 3.13. The zero-order valence-electron chi connectivity index (χ0n) is 14.0. The van der Waals surface area contributed by atoms with Crippen LogP contribution in [0.3, 0.4) is 0 Å². The van der Waals surface area contributed by atoms with Gasteiger partial charge in [-0.1, -0.05) is 12.1 Å². The van der Waals surface area contributed by atoms with Gasteiger partial charge in [0.2, 0.25) is 5.95 Å². The molecule has 0 aliphatic carbocycles. The molecule has 0 saturated heterocycles. The first-order valence-electron chi connectivity index (χ1n) is 7.76. The van der Waals surface area contributed by atoms with Gasteiger partial charge in [-0.2, -0.15) is 13.2 Å². The van der Waals surface area contributed by atoms with E-state index in [0.29, 0.717) is 10.7 Å². The van der Waals surface area contributed by atoms with E-state index in [2.05, 4.69) is 20.3 Å². The normalized spacial score (nSPS) is 14.0. The van der Waals surface area contributed by atoms with Crippen LogP contribution in [0, 0.1) is 0 Å². The molecule has 3 rings (SSSR count). The molecule has 0 amide bonds. The van der Waals surface area contributed by atoms with Gasteiger partial charge in [0.15, 0.2) is 0 Å². The molecule has 0 fully saturated rings. The van der Waals surface area contributed by atoms with Crippen LogP contribution in [-0.4, -0.2) is 31.8 Å². The summed E-state index contributed by atoms with van der Waals surface area (Å²) in [5.74, 6) is -0.171. The van der Waals surface area contributed by atoms with Gasteiger partial charge in [-0.15, -0.1) is 11.3 Å². The van der Waals surface area contributed by atoms with Crippen molar-refractivity contribution in [2.75, 3.05) is 11.9 Å². The molecule has 1 aromatic carbocycles. The summed E-state index contributed by atoms with van der Waals surface area (Å²) in [6.07, 6.45) is -1.96. The molecule has 142 valence electrons. The Morgan fingerprint density at radius 1 is 1.19 bits per heavy atom. The Bertz CT molecular complexity index is 944. The minimum Gasteiger partial charge on any atom is -0.393 e. The molecule has 2 aromatic heterocycles. The maximum absolute atomic E-state index is 12.8. The Balaban J connectivity index is 1.85. The van der Waals surface area contributed by atoms with Gasteiger partial charge < -0.3 is 15.5 Å². The molecule has 0 radical (unpaired) electrons. The molecule has 2 heterocycles. The number of nitrogens with one attached hydrogen (secondary N) is 1. The van der Waals surface area contributed by atoms with E-state index in [1.165, 1.54) is 18.3 Å². The molecule has 0 saturated carbocycles.